The van der Waals surface area contributed by atoms with Crippen LogP contribution in [0.15, 0.2) is 324 Å². The van der Waals surface area contributed by atoms with Gasteiger partial charge < -0.3 is 24.3 Å². The van der Waals surface area contributed by atoms with Gasteiger partial charge in [-0.25, -0.2) is 0 Å². The average molecular weight is 1160 g/mol. The smallest absolute Gasteiger partial charge is 0.256 e. The first-order valence-corrected chi connectivity index (χ1v) is 26.8. The normalized spacial score (nSPS) is 19.8. The molecule has 0 unspecified atom stereocenters. The first-order valence-electron chi connectivity index (χ1n) is 47.4. The highest BCUT2D eigenvalue weighted by atomic mass is 32.2. The molecule has 13 aromatic rings. The van der Waals surface area contributed by atoms with Crippen molar-refractivity contribution in [2.45, 2.75) is 9.79 Å². The first-order chi connectivity index (χ1) is 60.5. The van der Waals surface area contributed by atoms with Crippen molar-refractivity contribution < 1.29 is 63.7 Å². The molecule has 0 bridgehead atoms. The number of para-hydroxylation sites is 8. The van der Waals surface area contributed by atoms with E-state index in [4.69, 9.17) is 25.3 Å². The van der Waals surface area contributed by atoms with Gasteiger partial charge in [-0.3, -0.25) is 0 Å². The molecule has 0 saturated carbocycles. The Balaban J connectivity index is 1.12. The standard InChI is InChI=1S/C78H52B2N4OS/c1-8-27-53(28-9-1)62-41-26-42-63(54-29-10-2-11-30-54)78(62)84-69-52-74-67(51-66(69)80-65-44-23-25-46-72(65)85-73-49-60(47-70(84)76(73)80)81(55-31-12-3-13-32-55)56-33-14-4-15-34-56)79-64-43-22-24-45-68(64)83(59-39-20-7-21-40-59)71-48-61(50-75(86-74)77(71)79)82(57-35-16-5-17-36-57)58-37-18-6-19-38-58/h1-52H/i1D,2D,3D,4D,5D,6D,7D,8D,9D,10D,11D,12D,13D,14D,15D,16D,17D,18D,19D,20D,21D,22D,23D,24D,25D,27D,28D,29D,30D,31D,32D,33D,34D,35D,36D,37D,38D,39D,40D,43D,44D,45D,46D. The first kappa shape index (κ1) is 23.1. The summed E-state index contributed by atoms with van der Waals surface area (Å²) in [5.41, 5.74) is -12.5. The van der Waals surface area contributed by atoms with Crippen molar-refractivity contribution in [3.8, 4) is 33.8 Å². The summed E-state index contributed by atoms with van der Waals surface area (Å²) >= 11 is 0.658. The monoisotopic (exact) mass is 1160 g/mol. The maximum atomic E-state index is 10.3. The predicted molar refractivity (Wildman–Crippen MR) is 362 cm³/mol. The minimum atomic E-state index is -1.86. The van der Waals surface area contributed by atoms with Gasteiger partial charge in [0.2, 0.25) is 6.71 Å². The molecule has 4 heterocycles. The predicted octanol–water partition coefficient (Wildman–Crippen LogP) is 17.1. The van der Waals surface area contributed by atoms with E-state index in [0.717, 1.165) is 23.1 Å². The van der Waals surface area contributed by atoms with E-state index in [2.05, 4.69) is 0 Å². The van der Waals surface area contributed by atoms with Gasteiger partial charge in [0, 0.05) is 83.9 Å². The van der Waals surface area contributed by atoms with Crippen LogP contribution in [0.3, 0.4) is 0 Å². The Labute approximate surface area is 566 Å². The topological polar surface area (TPSA) is 22.2 Å². The lowest BCUT2D eigenvalue weighted by Crippen LogP contribution is -2.63. The Morgan fingerprint density at radius 3 is 1.37 bits per heavy atom. The molecule has 8 heteroatoms. The molecule has 0 radical (unpaired) electrons. The summed E-state index contributed by atoms with van der Waals surface area (Å²) in [5, 5.41) is 0. The number of rotatable bonds is 10. The number of hydrogen-bond acceptors (Lipinski definition) is 6. The van der Waals surface area contributed by atoms with Gasteiger partial charge in [-0.1, -0.05) is 229 Å². The third-order valence-electron chi connectivity index (χ3n) is 14.8. The van der Waals surface area contributed by atoms with Crippen LogP contribution in [-0.4, -0.2) is 13.4 Å². The largest absolute Gasteiger partial charge is 0.458 e. The fourth-order valence-corrected chi connectivity index (χ4v) is 12.8. The average Bonchev–Trinajstić information content (AvgIpc) is 0.678. The van der Waals surface area contributed by atoms with Gasteiger partial charge in [0.15, 0.2) is 0 Å². The molecule has 0 aromatic heterocycles. The van der Waals surface area contributed by atoms with Crippen LogP contribution in [0.2, 0.25) is 0 Å². The Kier molecular flexibility index (Phi) is 5.52. The molecule has 0 fully saturated rings. The molecule has 17 rings (SSSR count). The number of ether oxygens (including phenoxy) is 1. The zero-order valence-electron chi connectivity index (χ0n) is 86.5. The molecule has 86 heavy (non-hydrogen) atoms. The Bertz CT molecular complexity index is 7010. The van der Waals surface area contributed by atoms with E-state index in [0.29, 0.717) is 21.6 Å². The van der Waals surface area contributed by atoms with Crippen molar-refractivity contribution in [1.82, 2.24) is 0 Å². The molecule has 0 spiro atoms. The summed E-state index contributed by atoms with van der Waals surface area (Å²) in [6.45, 7) is -3.68. The molecule has 0 amide bonds. The van der Waals surface area contributed by atoms with Crippen LogP contribution in [-0.2, 0) is 0 Å². The van der Waals surface area contributed by atoms with Crippen LogP contribution in [0.4, 0.5) is 68.2 Å². The highest BCUT2D eigenvalue weighted by Gasteiger charge is 2.47. The van der Waals surface area contributed by atoms with Crippen LogP contribution >= 0.6 is 11.8 Å². The van der Waals surface area contributed by atoms with Gasteiger partial charge in [-0.15, -0.1) is 0 Å². The second kappa shape index (κ2) is 20.6. The molecule has 0 aliphatic carbocycles. The van der Waals surface area contributed by atoms with E-state index >= 15 is 0 Å². The van der Waals surface area contributed by atoms with Gasteiger partial charge in [-0.2, -0.15) is 0 Å². The van der Waals surface area contributed by atoms with E-state index in [-0.39, 0.29) is 37.3 Å². The molecular weight excluding hydrogens is 1060 g/mol. The molecule has 13 aromatic carbocycles. The Morgan fingerprint density at radius 2 is 0.802 bits per heavy atom. The maximum absolute atomic E-state index is 10.3. The molecule has 4 aliphatic heterocycles. The summed E-state index contributed by atoms with van der Waals surface area (Å²) in [7, 11) is 0. The van der Waals surface area contributed by atoms with Gasteiger partial charge in [0.1, 0.15) is 11.5 Å². The minimum absolute atomic E-state index is 0.103. The van der Waals surface area contributed by atoms with E-state index in [1.807, 2.05) is 0 Å². The lowest BCUT2D eigenvalue weighted by Gasteiger charge is -2.44. The highest BCUT2D eigenvalue weighted by Crippen LogP contribution is 2.53. The van der Waals surface area contributed by atoms with Crippen molar-refractivity contribution in [1.29, 1.82) is 0 Å². The van der Waals surface area contributed by atoms with Crippen LogP contribution in [0, 0.1) is 0 Å². The molecule has 0 N–H and O–H groups in total. The Hall–Kier alpha value is -10.7. The Morgan fingerprint density at radius 1 is 0.337 bits per heavy atom. The summed E-state index contributed by atoms with van der Waals surface area (Å²) in [6, 6.07) is -32.6. The van der Waals surface area contributed by atoms with Crippen LogP contribution < -0.4 is 57.1 Å². The van der Waals surface area contributed by atoms with Gasteiger partial charge in [0.25, 0.3) is 6.71 Å². The number of hydrogen-bond donors (Lipinski definition) is 0. The quantitative estimate of drug-likeness (QED) is 0.126. The summed E-state index contributed by atoms with van der Waals surface area (Å²) in [6.07, 6.45) is 0. The third-order valence-corrected chi connectivity index (χ3v) is 15.9. The second-order valence-corrected chi connectivity index (χ2v) is 20.3. The highest BCUT2D eigenvalue weighted by molar-refractivity contribution is 8.00. The zero-order valence-corrected chi connectivity index (χ0v) is 44.3. The number of nitrogens with zero attached hydrogens (tertiary/aromatic N) is 4. The molecule has 0 atom stereocenters. The fraction of sp³-hybridized carbons (Fsp3) is 0. The van der Waals surface area contributed by atoms with Crippen molar-refractivity contribution in [2.24, 2.45) is 0 Å². The zero-order chi connectivity index (χ0) is 94.1. The number of fused-ring (bicyclic) bond motifs is 8. The van der Waals surface area contributed by atoms with Crippen molar-refractivity contribution >= 4 is 126 Å². The molecule has 402 valence electrons. The SMILES string of the molecule is [2H]c1c([2H])c([2H])c(-c2cccc(-c3c([2H])c([2H])c([2H])c([2H])c3[2H])c2N2c3cc4c(cc3B3c5c(cc(N(c6c([2H])c([2H])c([2H])c([2H])c6[2H])c6c([2H])c([2H])c([2H])c([2H])c6[2H])cc52)Oc2c([2H])c([2H])c([2H])c([2H])c23)B2c3c(cc(N(c5c([2H])c([2H])c([2H])c([2H])c5[2H])c5c([2H])c([2H])c([2H])c([2H])c5[2H])cc3N(c3c([2H])c([2H])c([2H])c([2H])c3[2H])c3c([2H])c([2H])c([2H])c([2H])c32)S4)c([2H])c1[2H]. The summed E-state index contributed by atoms with van der Waals surface area (Å²) in [5.74, 6) is -1.28. The van der Waals surface area contributed by atoms with Gasteiger partial charge in [-0.05, 0) is 135 Å². The van der Waals surface area contributed by atoms with E-state index in [1.165, 1.54) is 41.3 Å². The summed E-state index contributed by atoms with van der Waals surface area (Å²) < 4.78 is 410. The second-order valence-electron chi connectivity index (χ2n) is 19.2. The fourth-order valence-electron chi connectivity index (χ4n) is 11.5. The number of benzene rings is 13. The molecule has 0 saturated heterocycles. The minimum Gasteiger partial charge on any atom is -0.458 e. The van der Waals surface area contributed by atoms with Crippen LogP contribution in [0.25, 0.3) is 22.3 Å². The van der Waals surface area contributed by atoms with Gasteiger partial charge in [0.05, 0.1) is 70.3 Å². The van der Waals surface area contributed by atoms with E-state index < -0.39 is 380 Å². The van der Waals surface area contributed by atoms with Crippen molar-refractivity contribution in [2.75, 3.05) is 19.6 Å². The van der Waals surface area contributed by atoms with E-state index in [9.17, 15) is 38.4 Å². The number of anilines is 12. The maximum Gasteiger partial charge on any atom is 0.256 e. The van der Waals surface area contributed by atoms with Crippen LogP contribution in [0.5, 0.6) is 11.5 Å². The van der Waals surface area contributed by atoms with Crippen molar-refractivity contribution in [3.63, 3.8) is 0 Å². The molecule has 4 aliphatic rings. The van der Waals surface area contributed by atoms with E-state index in [1.54, 1.807) is 0 Å². The summed E-state index contributed by atoms with van der Waals surface area (Å²) in [4.78, 5) is 3.10. The van der Waals surface area contributed by atoms with Crippen LogP contribution in [0.1, 0.15) is 58.9 Å². The molecule has 5 nitrogen and oxygen atoms in total. The lowest BCUT2D eigenvalue weighted by molar-refractivity contribution is 0.487. The van der Waals surface area contributed by atoms with Gasteiger partial charge >= 0.3 is 0 Å². The molecular formula is C78H52B2N4OS. The lowest BCUT2D eigenvalue weighted by atomic mass is 9.31. The third kappa shape index (κ3) is 8.12. The van der Waals surface area contributed by atoms with Crippen molar-refractivity contribution in [3.05, 3.63) is 314 Å².